The van der Waals surface area contributed by atoms with Gasteiger partial charge in [0.1, 0.15) is 12.1 Å². The maximum Gasteiger partial charge on any atom is 0.416 e. The number of aromatic nitrogens is 5. The molecule has 0 amide bonds. The van der Waals surface area contributed by atoms with E-state index in [1.54, 1.807) is 13.0 Å². The summed E-state index contributed by atoms with van der Waals surface area (Å²) in [5, 5.41) is 17.3. The summed E-state index contributed by atoms with van der Waals surface area (Å²) in [5.41, 5.74) is 14.4. The third-order valence-corrected chi connectivity index (χ3v) is 6.18. The number of nitrogens with zero attached hydrogens (tertiary/aromatic N) is 4. The van der Waals surface area contributed by atoms with Gasteiger partial charge in [-0.1, -0.05) is 24.3 Å². The summed E-state index contributed by atoms with van der Waals surface area (Å²) in [6.07, 6.45) is -2.91. The minimum Gasteiger partial charge on any atom is -0.504 e. The normalized spacial score (nSPS) is 12.6. The molecule has 0 aliphatic heterocycles. The number of alkyl halides is 3. The van der Waals surface area contributed by atoms with Gasteiger partial charge in [-0.3, -0.25) is 5.10 Å². The quantitative estimate of drug-likeness (QED) is 0.210. The summed E-state index contributed by atoms with van der Waals surface area (Å²) in [7, 11) is 0. The lowest BCUT2D eigenvalue weighted by Gasteiger charge is -2.18. The van der Waals surface area contributed by atoms with Crippen LogP contribution in [0, 0.1) is 12.7 Å². The Balaban J connectivity index is 1.48. The average Bonchev–Trinajstić information content (AvgIpc) is 3.29. The number of halogens is 4. The van der Waals surface area contributed by atoms with Gasteiger partial charge in [0.25, 0.3) is 0 Å². The fourth-order valence-electron chi connectivity index (χ4n) is 4.20. The smallest absolute Gasteiger partial charge is 0.416 e. The molecule has 1 atom stereocenters. The maximum absolute atomic E-state index is 14.2. The fraction of sp³-hybridized carbons (Fsp3) is 0.185. The number of aromatic hydroxyl groups is 1. The summed E-state index contributed by atoms with van der Waals surface area (Å²) >= 11 is 0. The van der Waals surface area contributed by atoms with Crippen LogP contribution in [0.2, 0.25) is 0 Å². The Kier molecular flexibility index (Phi) is 6.98. The molecule has 0 aliphatic carbocycles. The van der Waals surface area contributed by atoms with Crippen molar-refractivity contribution in [2.75, 3.05) is 12.3 Å². The van der Waals surface area contributed by atoms with Gasteiger partial charge in [-0.25, -0.2) is 19.3 Å². The summed E-state index contributed by atoms with van der Waals surface area (Å²) in [6, 6.07) is 9.74. The molecule has 9 nitrogen and oxygen atoms in total. The number of fused-ring (bicyclic) bond motifs is 1. The molecule has 40 heavy (non-hydrogen) atoms. The van der Waals surface area contributed by atoms with Crippen LogP contribution < -0.4 is 16.2 Å². The molecule has 5 aromatic rings. The molecule has 0 aliphatic rings. The van der Waals surface area contributed by atoms with Crippen LogP contribution in [0.3, 0.4) is 0 Å². The number of H-pyrrole nitrogens is 1. The lowest BCUT2D eigenvalue weighted by molar-refractivity contribution is -0.137. The second-order valence-corrected chi connectivity index (χ2v) is 9.15. The highest BCUT2D eigenvalue weighted by Crippen LogP contribution is 2.40. The number of nitrogens with one attached hydrogen (secondary N) is 1. The van der Waals surface area contributed by atoms with Crippen molar-refractivity contribution >= 4 is 17.0 Å². The van der Waals surface area contributed by atoms with Crippen molar-refractivity contribution in [3.05, 3.63) is 77.4 Å². The van der Waals surface area contributed by atoms with Crippen LogP contribution in [0.15, 0.2) is 54.7 Å². The van der Waals surface area contributed by atoms with E-state index in [0.717, 1.165) is 18.2 Å². The van der Waals surface area contributed by atoms with Crippen LogP contribution >= 0.6 is 0 Å². The van der Waals surface area contributed by atoms with Crippen LogP contribution in [0.25, 0.3) is 33.7 Å². The molecular formula is C27H23F4N7O2. The molecule has 0 radical (unpaired) electrons. The van der Waals surface area contributed by atoms with Crippen molar-refractivity contribution in [1.29, 1.82) is 0 Å². The second kappa shape index (κ2) is 10.4. The number of rotatable bonds is 7. The standard InChI is InChI=1S/C27H23F4N7O2/c1-13-22-26(38-37-13)34-11-20(35-22)18-10-21(25(33)36-23(18)17-6-3-7-19(28)24(17)39)40-12-16(32)9-14-4-2-5-15(8-14)27(29,30)31/h2-8,10-11,16,39H,9,12,32H2,1H3,(H2,33,36)(H,34,37,38)/t16-/m1/s1. The number of aryl methyl sites for hydroxylation is 1. The predicted octanol–water partition coefficient (Wildman–Crippen LogP) is 4.78. The number of anilines is 1. The minimum atomic E-state index is -4.47. The number of phenols is 1. The minimum absolute atomic E-state index is 0.0697. The Morgan fingerprint density at radius 3 is 2.62 bits per heavy atom. The molecule has 0 saturated heterocycles. The maximum atomic E-state index is 14.2. The van der Waals surface area contributed by atoms with Crippen molar-refractivity contribution in [1.82, 2.24) is 25.1 Å². The van der Waals surface area contributed by atoms with E-state index in [1.165, 1.54) is 30.5 Å². The molecule has 206 valence electrons. The lowest BCUT2D eigenvalue weighted by atomic mass is 10.0. The molecule has 0 bridgehead atoms. The molecule has 0 spiro atoms. The van der Waals surface area contributed by atoms with Gasteiger partial charge in [-0.05, 0) is 43.2 Å². The first-order chi connectivity index (χ1) is 19.0. The average molecular weight is 554 g/mol. The Bertz CT molecular complexity index is 1700. The first-order valence-electron chi connectivity index (χ1n) is 12.0. The molecule has 3 aromatic heterocycles. The number of benzene rings is 2. The van der Waals surface area contributed by atoms with Crippen LogP contribution in [-0.4, -0.2) is 42.9 Å². The van der Waals surface area contributed by atoms with Gasteiger partial charge in [0.05, 0.1) is 28.8 Å². The van der Waals surface area contributed by atoms with Gasteiger partial charge in [0.15, 0.2) is 28.8 Å². The molecule has 3 heterocycles. The number of hydrogen-bond donors (Lipinski definition) is 4. The number of para-hydroxylation sites is 1. The van der Waals surface area contributed by atoms with E-state index in [1.807, 2.05) is 0 Å². The first kappa shape index (κ1) is 26.8. The van der Waals surface area contributed by atoms with E-state index in [9.17, 15) is 22.7 Å². The number of nitrogen functional groups attached to an aromatic ring is 1. The van der Waals surface area contributed by atoms with Gasteiger partial charge >= 0.3 is 6.18 Å². The second-order valence-electron chi connectivity index (χ2n) is 9.15. The van der Waals surface area contributed by atoms with Gasteiger partial charge < -0.3 is 21.3 Å². The number of hydrogen-bond acceptors (Lipinski definition) is 8. The SMILES string of the molecule is Cc1[nH]nc2ncc(-c3cc(OC[C@H](N)Cc4cccc(C(F)(F)F)c4)c(N)nc3-c3cccc(F)c3O)nc12. The molecule has 0 unspecified atom stereocenters. The van der Waals surface area contributed by atoms with Crippen LogP contribution in [0.4, 0.5) is 23.4 Å². The van der Waals surface area contributed by atoms with Crippen molar-refractivity contribution < 1.29 is 27.4 Å². The van der Waals surface area contributed by atoms with Gasteiger partial charge in [0, 0.05) is 17.2 Å². The first-order valence-corrected chi connectivity index (χ1v) is 12.0. The van der Waals surface area contributed by atoms with Crippen LogP contribution in [0.5, 0.6) is 11.5 Å². The van der Waals surface area contributed by atoms with Crippen molar-refractivity contribution in [2.45, 2.75) is 25.6 Å². The molecule has 5 rings (SSSR count). The highest BCUT2D eigenvalue weighted by atomic mass is 19.4. The van der Waals surface area contributed by atoms with E-state index in [4.69, 9.17) is 16.2 Å². The Morgan fingerprint density at radius 2 is 1.85 bits per heavy atom. The lowest BCUT2D eigenvalue weighted by Crippen LogP contribution is -2.30. The Labute approximate surface area is 224 Å². The molecular weight excluding hydrogens is 530 g/mol. The van der Waals surface area contributed by atoms with E-state index in [2.05, 4.69) is 25.1 Å². The molecule has 2 aromatic carbocycles. The highest BCUT2D eigenvalue weighted by Gasteiger charge is 2.30. The van der Waals surface area contributed by atoms with E-state index in [-0.39, 0.29) is 35.9 Å². The fourth-order valence-corrected chi connectivity index (χ4v) is 4.20. The topological polar surface area (TPSA) is 149 Å². The van der Waals surface area contributed by atoms with Crippen molar-refractivity contribution in [2.24, 2.45) is 5.73 Å². The number of phenolic OH excluding ortho intramolecular Hbond substituents is 1. The third-order valence-electron chi connectivity index (χ3n) is 6.18. The number of pyridine rings is 1. The zero-order chi connectivity index (χ0) is 28.6. The number of ether oxygens (including phenoxy) is 1. The molecule has 0 saturated carbocycles. The van der Waals surface area contributed by atoms with Gasteiger partial charge in [-0.15, -0.1) is 0 Å². The van der Waals surface area contributed by atoms with E-state index >= 15 is 0 Å². The Morgan fingerprint density at radius 1 is 1.07 bits per heavy atom. The zero-order valence-corrected chi connectivity index (χ0v) is 21.0. The predicted molar refractivity (Wildman–Crippen MR) is 140 cm³/mol. The van der Waals surface area contributed by atoms with E-state index in [0.29, 0.717) is 33.7 Å². The molecule has 6 N–H and O–H groups in total. The monoisotopic (exact) mass is 553 g/mol. The van der Waals surface area contributed by atoms with Crippen molar-refractivity contribution in [3.8, 4) is 34.0 Å². The van der Waals surface area contributed by atoms with E-state index < -0.39 is 29.3 Å². The molecule has 0 fully saturated rings. The summed E-state index contributed by atoms with van der Waals surface area (Å²) < 4.78 is 59.2. The van der Waals surface area contributed by atoms with Crippen LogP contribution in [0.1, 0.15) is 16.8 Å². The zero-order valence-electron chi connectivity index (χ0n) is 21.0. The summed E-state index contributed by atoms with van der Waals surface area (Å²) in [6.45, 7) is 1.67. The number of nitrogens with two attached hydrogens (primary N) is 2. The summed E-state index contributed by atoms with van der Waals surface area (Å²) in [5.74, 6) is -1.44. The van der Waals surface area contributed by atoms with Gasteiger partial charge in [0.2, 0.25) is 0 Å². The largest absolute Gasteiger partial charge is 0.504 e. The summed E-state index contributed by atoms with van der Waals surface area (Å²) in [4.78, 5) is 13.3. The Hall–Kier alpha value is -4.78. The number of aromatic amines is 1. The third kappa shape index (κ3) is 5.36. The molecule has 13 heteroatoms. The van der Waals surface area contributed by atoms with Gasteiger partial charge in [-0.2, -0.15) is 18.3 Å². The van der Waals surface area contributed by atoms with Crippen molar-refractivity contribution in [3.63, 3.8) is 0 Å². The highest BCUT2D eigenvalue weighted by molar-refractivity contribution is 5.86. The van der Waals surface area contributed by atoms with Crippen LogP contribution in [-0.2, 0) is 12.6 Å².